The third-order valence-electron chi connectivity index (χ3n) is 5.17. The summed E-state index contributed by atoms with van der Waals surface area (Å²) in [5.74, 6) is -1.99. The van der Waals surface area contributed by atoms with Crippen LogP contribution in [-0.2, 0) is 24.2 Å². The molecule has 10 nitrogen and oxygen atoms in total. The van der Waals surface area contributed by atoms with Crippen LogP contribution in [0.1, 0.15) is 6.42 Å². The third kappa shape index (κ3) is 5.54. The van der Waals surface area contributed by atoms with E-state index < -0.39 is 38.9 Å². The molecule has 182 valence electrons. The van der Waals surface area contributed by atoms with Gasteiger partial charge in [-0.1, -0.05) is 22.9 Å². The normalized spacial score (nSPS) is 19.0. The fraction of sp³-hybridized carbons (Fsp3) is 0.350. The standard InChI is InChI=1S/C20H19BrClN3O7S2/c21-15-3-4-17(33-15)32-19(28)24-20(10-34(29,30)11-20)18(27)23-12-1-2-14(13(22)9-12)25-6-8-31-7-5-16(25)26/h1-4,9H,5-8,10-11H2,(H,23,27)(H,24,28). The van der Waals surface area contributed by atoms with Crippen molar-refractivity contribution in [1.29, 1.82) is 0 Å². The molecular formula is C20H19BrClN3O7S2. The predicted octanol–water partition coefficient (Wildman–Crippen LogP) is 2.81. The van der Waals surface area contributed by atoms with Crippen molar-refractivity contribution in [3.8, 4) is 5.06 Å². The van der Waals surface area contributed by atoms with Crippen molar-refractivity contribution in [3.63, 3.8) is 0 Å². The molecule has 3 heterocycles. The van der Waals surface area contributed by atoms with Crippen LogP contribution in [0.15, 0.2) is 34.1 Å². The number of thiophene rings is 1. The average molecular weight is 593 g/mol. The van der Waals surface area contributed by atoms with Crippen LogP contribution in [0, 0.1) is 0 Å². The predicted molar refractivity (Wildman–Crippen MR) is 130 cm³/mol. The van der Waals surface area contributed by atoms with Gasteiger partial charge in [-0.25, -0.2) is 13.2 Å². The summed E-state index contributed by atoms with van der Waals surface area (Å²) in [7, 11) is -3.50. The van der Waals surface area contributed by atoms with Gasteiger partial charge in [-0.2, -0.15) is 0 Å². The number of halogens is 2. The Hall–Kier alpha value is -2.19. The molecule has 2 N–H and O–H groups in total. The van der Waals surface area contributed by atoms with E-state index in [2.05, 4.69) is 26.6 Å². The molecule has 4 rings (SSSR count). The lowest BCUT2D eigenvalue weighted by atomic mass is 10.0. The molecule has 1 aromatic carbocycles. The van der Waals surface area contributed by atoms with Crippen molar-refractivity contribution >= 4 is 78.0 Å². The number of benzene rings is 1. The van der Waals surface area contributed by atoms with Gasteiger partial charge in [0.2, 0.25) is 5.91 Å². The highest BCUT2D eigenvalue weighted by atomic mass is 79.9. The van der Waals surface area contributed by atoms with E-state index in [-0.39, 0.29) is 28.1 Å². The molecule has 0 atom stereocenters. The zero-order chi connectivity index (χ0) is 24.5. The summed E-state index contributed by atoms with van der Waals surface area (Å²) in [5, 5.41) is 5.49. The van der Waals surface area contributed by atoms with E-state index in [0.717, 1.165) is 15.1 Å². The SMILES string of the molecule is O=C(NC1(C(=O)Nc2ccc(N3CCOCCC3=O)c(Cl)c2)CS(=O)(=O)C1)Oc1ccc(Br)s1. The van der Waals surface area contributed by atoms with Gasteiger partial charge in [0.25, 0.3) is 5.91 Å². The van der Waals surface area contributed by atoms with Gasteiger partial charge < -0.3 is 25.0 Å². The van der Waals surface area contributed by atoms with E-state index in [1.165, 1.54) is 11.0 Å². The van der Waals surface area contributed by atoms with Crippen LogP contribution in [-0.4, -0.2) is 63.1 Å². The van der Waals surface area contributed by atoms with Crippen LogP contribution < -0.4 is 20.3 Å². The summed E-state index contributed by atoms with van der Waals surface area (Å²) >= 11 is 10.8. The molecule has 14 heteroatoms. The van der Waals surface area contributed by atoms with E-state index in [0.29, 0.717) is 25.4 Å². The molecule has 0 saturated carbocycles. The maximum absolute atomic E-state index is 13.0. The molecule has 0 spiro atoms. The molecule has 2 aliphatic rings. The van der Waals surface area contributed by atoms with E-state index in [9.17, 15) is 22.8 Å². The number of nitrogens with one attached hydrogen (secondary N) is 2. The smallest absolute Gasteiger partial charge is 0.399 e. The monoisotopic (exact) mass is 591 g/mol. The Bertz CT molecular complexity index is 1240. The van der Waals surface area contributed by atoms with E-state index in [1.807, 2.05) is 0 Å². The zero-order valence-corrected chi connectivity index (χ0v) is 21.5. The molecule has 0 radical (unpaired) electrons. The maximum atomic E-state index is 13.0. The van der Waals surface area contributed by atoms with Crippen molar-refractivity contribution in [2.75, 3.05) is 41.5 Å². The Morgan fingerprint density at radius 2 is 1.97 bits per heavy atom. The number of hydrogen-bond acceptors (Lipinski definition) is 8. The minimum absolute atomic E-state index is 0.129. The Labute approximate surface area is 212 Å². The number of amides is 3. The van der Waals surface area contributed by atoms with Gasteiger partial charge in [0, 0.05) is 12.2 Å². The summed E-state index contributed by atoms with van der Waals surface area (Å²) < 4.78 is 35.0. The van der Waals surface area contributed by atoms with Gasteiger partial charge in [-0.3, -0.25) is 9.59 Å². The van der Waals surface area contributed by atoms with Crippen molar-refractivity contribution in [2.45, 2.75) is 12.0 Å². The minimum atomic E-state index is -3.50. The highest BCUT2D eigenvalue weighted by Crippen LogP contribution is 2.32. The molecule has 2 saturated heterocycles. The third-order valence-corrected chi connectivity index (χ3v) is 8.84. The highest BCUT2D eigenvalue weighted by molar-refractivity contribution is 9.11. The van der Waals surface area contributed by atoms with Crippen LogP contribution >= 0.6 is 38.9 Å². The van der Waals surface area contributed by atoms with Gasteiger partial charge in [-0.05, 0) is 46.3 Å². The molecule has 0 bridgehead atoms. The van der Waals surface area contributed by atoms with Crippen molar-refractivity contribution in [1.82, 2.24) is 5.32 Å². The second-order valence-electron chi connectivity index (χ2n) is 7.72. The first-order chi connectivity index (χ1) is 16.1. The fourth-order valence-corrected chi connectivity index (χ4v) is 6.92. The minimum Gasteiger partial charge on any atom is -0.399 e. The number of nitrogens with zero attached hydrogens (tertiary/aromatic N) is 1. The van der Waals surface area contributed by atoms with E-state index in [4.69, 9.17) is 21.1 Å². The van der Waals surface area contributed by atoms with Crippen LogP contribution in [0.3, 0.4) is 0 Å². The number of carbonyl (C=O) groups excluding carboxylic acids is 3. The second kappa shape index (κ2) is 9.82. The molecule has 3 amide bonds. The number of hydrogen-bond donors (Lipinski definition) is 2. The first kappa shape index (κ1) is 24.9. The molecular weight excluding hydrogens is 574 g/mol. The summed E-state index contributed by atoms with van der Waals surface area (Å²) in [4.78, 5) is 39.2. The maximum Gasteiger partial charge on any atom is 0.414 e. The van der Waals surface area contributed by atoms with E-state index >= 15 is 0 Å². The molecule has 2 aliphatic heterocycles. The van der Waals surface area contributed by atoms with Crippen LogP contribution in [0.2, 0.25) is 5.02 Å². The number of ether oxygens (including phenoxy) is 2. The summed E-state index contributed by atoms with van der Waals surface area (Å²) in [6.45, 7) is 1.06. The molecule has 2 fully saturated rings. The van der Waals surface area contributed by atoms with Gasteiger partial charge in [0.1, 0.15) is 5.54 Å². The van der Waals surface area contributed by atoms with Gasteiger partial charge in [0.15, 0.2) is 14.9 Å². The van der Waals surface area contributed by atoms with Crippen LogP contribution in [0.5, 0.6) is 5.06 Å². The quantitative estimate of drug-likeness (QED) is 0.546. The lowest BCUT2D eigenvalue weighted by Crippen LogP contribution is -2.71. The first-order valence-corrected chi connectivity index (χ1v) is 13.8. The Balaban J connectivity index is 1.48. The number of rotatable bonds is 5. The lowest BCUT2D eigenvalue weighted by molar-refractivity contribution is -0.121. The number of carbonyl (C=O) groups is 3. The Morgan fingerprint density at radius 1 is 1.21 bits per heavy atom. The highest BCUT2D eigenvalue weighted by Gasteiger charge is 2.56. The average Bonchev–Trinajstić information content (AvgIpc) is 3.01. The van der Waals surface area contributed by atoms with E-state index in [1.54, 1.807) is 24.3 Å². The lowest BCUT2D eigenvalue weighted by Gasteiger charge is -2.39. The molecule has 1 aromatic heterocycles. The Kier molecular flexibility index (Phi) is 7.20. The molecule has 2 aromatic rings. The number of anilines is 2. The largest absolute Gasteiger partial charge is 0.414 e. The van der Waals surface area contributed by atoms with Crippen LogP contribution in [0.25, 0.3) is 0 Å². The summed E-state index contributed by atoms with van der Waals surface area (Å²) in [5.41, 5.74) is -0.939. The van der Waals surface area contributed by atoms with Gasteiger partial charge in [-0.15, -0.1) is 0 Å². The second-order valence-corrected chi connectivity index (χ2v) is 12.6. The molecule has 0 unspecified atom stereocenters. The van der Waals surface area contributed by atoms with Crippen molar-refractivity contribution in [2.24, 2.45) is 0 Å². The van der Waals surface area contributed by atoms with Gasteiger partial charge in [0.05, 0.1) is 45.6 Å². The summed E-state index contributed by atoms with van der Waals surface area (Å²) in [6, 6.07) is 7.82. The molecule has 34 heavy (non-hydrogen) atoms. The van der Waals surface area contributed by atoms with Crippen molar-refractivity contribution in [3.05, 3.63) is 39.1 Å². The van der Waals surface area contributed by atoms with Crippen molar-refractivity contribution < 1.29 is 32.3 Å². The molecule has 0 aliphatic carbocycles. The number of sulfone groups is 1. The first-order valence-electron chi connectivity index (χ1n) is 10.0. The fourth-order valence-electron chi connectivity index (χ4n) is 3.62. The zero-order valence-electron chi connectivity index (χ0n) is 17.5. The van der Waals surface area contributed by atoms with Gasteiger partial charge >= 0.3 is 6.09 Å². The summed E-state index contributed by atoms with van der Waals surface area (Å²) in [6.07, 6.45) is -0.717. The topological polar surface area (TPSA) is 131 Å². The Morgan fingerprint density at radius 3 is 2.62 bits per heavy atom. The van der Waals surface area contributed by atoms with Crippen LogP contribution in [0.4, 0.5) is 16.2 Å².